The van der Waals surface area contributed by atoms with Gasteiger partial charge in [0.05, 0.1) is 16.5 Å². The van der Waals surface area contributed by atoms with Crippen LogP contribution < -0.4 is 4.72 Å². The lowest BCUT2D eigenvalue weighted by molar-refractivity contribution is -0.149. The number of sulfonamides is 1. The predicted molar refractivity (Wildman–Crippen MR) is 115 cm³/mol. The van der Waals surface area contributed by atoms with Crippen LogP contribution in [0.25, 0.3) is 0 Å². The molecule has 6 atom stereocenters. The van der Waals surface area contributed by atoms with Crippen LogP contribution in [0.15, 0.2) is 29.2 Å². The number of carbonyl (C=O) groups is 1. The zero-order valence-corrected chi connectivity index (χ0v) is 19.2. The highest BCUT2D eigenvalue weighted by Crippen LogP contribution is 2.59. The predicted octanol–water partition coefficient (Wildman–Crippen LogP) is 4.34. The monoisotopic (exact) mass is 464 g/mol. The first-order chi connectivity index (χ1) is 14.6. The molecule has 0 radical (unpaired) electrons. The van der Waals surface area contributed by atoms with Crippen molar-refractivity contribution < 1.29 is 22.3 Å². The molecule has 0 bridgehead atoms. The molecule has 0 unspecified atom stereocenters. The second-order valence-electron chi connectivity index (χ2n) is 9.42. The van der Waals surface area contributed by atoms with E-state index in [1.54, 1.807) is 0 Å². The lowest BCUT2D eigenvalue weighted by Gasteiger charge is -2.51. The summed E-state index contributed by atoms with van der Waals surface area (Å²) in [7, 11) is -3.85. The van der Waals surface area contributed by atoms with Crippen molar-refractivity contribution in [3.05, 3.63) is 40.7 Å². The maximum absolute atomic E-state index is 13.2. The van der Waals surface area contributed by atoms with Gasteiger partial charge in [0, 0.05) is 22.6 Å². The van der Waals surface area contributed by atoms with Crippen LogP contribution in [0.1, 0.15) is 50.1 Å². The van der Waals surface area contributed by atoms with Gasteiger partial charge in [-0.25, -0.2) is 17.8 Å². The number of nitrogens with zero attached hydrogens (tertiary/aromatic N) is 1. The summed E-state index contributed by atoms with van der Waals surface area (Å²) in [4.78, 5) is 18.0. The van der Waals surface area contributed by atoms with Crippen molar-refractivity contribution in [2.45, 2.75) is 57.0 Å². The van der Waals surface area contributed by atoms with E-state index in [-0.39, 0.29) is 46.1 Å². The van der Waals surface area contributed by atoms with Crippen molar-refractivity contribution in [3.8, 4) is 0 Å². The molecular formula is C22H25FN2O4S2. The van der Waals surface area contributed by atoms with Crippen LogP contribution in [0.3, 0.4) is 0 Å². The molecule has 0 spiro atoms. The van der Waals surface area contributed by atoms with Crippen molar-refractivity contribution in [2.75, 3.05) is 4.72 Å². The summed E-state index contributed by atoms with van der Waals surface area (Å²) >= 11 is 1.36. The Morgan fingerprint density at radius 3 is 2.65 bits per heavy atom. The van der Waals surface area contributed by atoms with Crippen LogP contribution >= 0.6 is 11.3 Å². The quantitative estimate of drug-likeness (QED) is 0.683. The minimum Gasteiger partial charge on any atom is -0.461 e. The zero-order chi connectivity index (χ0) is 22.1. The number of esters is 1. The van der Waals surface area contributed by atoms with E-state index in [0.29, 0.717) is 5.13 Å². The summed E-state index contributed by atoms with van der Waals surface area (Å²) in [5.41, 5.74) is 0.873. The van der Waals surface area contributed by atoms with Gasteiger partial charge in [-0.2, -0.15) is 0 Å². The minimum absolute atomic E-state index is 0.00884. The molecule has 1 aliphatic heterocycles. The van der Waals surface area contributed by atoms with Gasteiger partial charge < -0.3 is 4.74 Å². The van der Waals surface area contributed by atoms with Crippen LogP contribution in [-0.2, 0) is 26.0 Å². The third-order valence-electron chi connectivity index (χ3n) is 7.50. The number of aromatic nitrogens is 1. The molecule has 3 aliphatic rings. The lowest BCUT2D eigenvalue weighted by atomic mass is 9.54. The molecule has 1 aromatic carbocycles. The number of thiazole rings is 1. The van der Waals surface area contributed by atoms with Crippen LogP contribution in [-0.4, -0.2) is 25.5 Å². The number of hydrogen-bond donors (Lipinski definition) is 1. The van der Waals surface area contributed by atoms with Gasteiger partial charge in [-0.05, 0) is 48.9 Å². The second kappa shape index (κ2) is 7.00. The summed E-state index contributed by atoms with van der Waals surface area (Å²) in [6, 6.07) is 4.71. The number of fused-ring (bicyclic) bond motifs is 4. The van der Waals surface area contributed by atoms with Gasteiger partial charge in [0.1, 0.15) is 11.9 Å². The molecule has 2 heterocycles. The standard InChI is InChI=1S/C22H25FN2O4S2/c1-11-15-8-9-22(3)10-16-18(12(2)17(22)19(15)29-20(11)26)24-21(30-16)25-31(27,28)14-6-4-13(23)5-7-14/h4-7,11-12,15,17,19H,8-10H2,1-3H3,(H,24,25)/t11-,12-,15-,17+,19-,22+/m0/s1. The summed E-state index contributed by atoms with van der Waals surface area (Å²) in [5, 5.41) is 0.316. The third-order valence-corrected chi connectivity index (χ3v) is 9.97. The number of benzene rings is 1. The average Bonchev–Trinajstić information content (AvgIpc) is 3.21. The number of nitrogens with one attached hydrogen (secondary N) is 1. The molecule has 2 aromatic rings. The molecule has 31 heavy (non-hydrogen) atoms. The van der Waals surface area contributed by atoms with E-state index in [0.717, 1.165) is 42.0 Å². The Bertz CT molecular complexity index is 1150. The van der Waals surface area contributed by atoms with Crippen LogP contribution in [0.5, 0.6) is 0 Å². The molecule has 6 nitrogen and oxygen atoms in total. The Balaban J connectivity index is 1.45. The molecule has 1 N–H and O–H groups in total. The van der Waals surface area contributed by atoms with E-state index >= 15 is 0 Å². The van der Waals surface area contributed by atoms with E-state index in [4.69, 9.17) is 4.74 Å². The second-order valence-corrected chi connectivity index (χ2v) is 12.2. The highest BCUT2D eigenvalue weighted by atomic mass is 32.2. The van der Waals surface area contributed by atoms with Gasteiger partial charge in [-0.3, -0.25) is 9.52 Å². The lowest BCUT2D eigenvalue weighted by Crippen LogP contribution is -2.50. The minimum atomic E-state index is -3.85. The largest absolute Gasteiger partial charge is 0.461 e. The number of hydrogen-bond acceptors (Lipinski definition) is 6. The Labute approximate surface area is 185 Å². The fourth-order valence-corrected chi connectivity index (χ4v) is 8.41. The fourth-order valence-electron chi connectivity index (χ4n) is 5.91. The number of anilines is 1. The van der Waals surface area contributed by atoms with Crippen molar-refractivity contribution in [1.82, 2.24) is 4.98 Å². The fraction of sp³-hybridized carbons (Fsp3) is 0.545. The van der Waals surface area contributed by atoms with Gasteiger partial charge in [-0.15, -0.1) is 11.3 Å². The van der Waals surface area contributed by atoms with E-state index < -0.39 is 15.8 Å². The average molecular weight is 465 g/mol. The Kier molecular flexibility index (Phi) is 4.71. The Morgan fingerprint density at radius 1 is 1.23 bits per heavy atom. The number of carbonyl (C=O) groups excluding carboxylic acids is 1. The van der Waals surface area contributed by atoms with Crippen LogP contribution in [0.4, 0.5) is 9.52 Å². The first-order valence-electron chi connectivity index (χ1n) is 10.6. The maximum atomic E-state index is 13.2. The van der Waals surface area contributed by atoms with E-state index in [1.807, 2.05) is 6.92 Å². The Morgan fingerprint density at radius 2 is 1.94 bits per heavy atom. The topological polar surface area (TPSA) is 85.4 Å². The van der Waals surface area contributed by atoms with Gasteiger partial charge in [0.2, 0.25) is 0 Å². The zero-order valence-electron chi connectivity index (χ0n) is 17.6. The van der Waals surface area contributed by atoms with E-state index in [1.165, 1.54) is 23.5 Å². The molecule has 9 heteroatoms. The van der Waals surface area contributed by atoms with E-state index in [2.05, 4.69) is 23.6 Å². The van der Waals surface area contributed by atoms with Gasteiger partial charge in [0.25, 0.3) is 10.0 Å². The molecule has 2 fully saturated rings. The Hall–Kier alpha value is -2.00. The van der Waals surface area contributed by atoms with Gasteiger partial charge >= 0.3 is 5.97 Å². The van der Waals surface area contributed by atoms with Crippen LogP contribution in [0, 0.1) is 29.0 Å². The summed E-state index contributed by atoms with van der Waals surface area (Å²) < 4.78 is 47.0. The van der Waals surface area contributed by atoms with Crippen LogP contribution in [0.2, 0.25) is 0 Å². The summed E-state index contributed by atoms with van der Waals surface area (Å²) in [6.07, 6.45) is 2.67. The summed E-state index contributed by atoms with van der Waals surface area (Å²) in [6.45, 7) is 6.32. The SMILES string of the molecule is C[C@@H]1C(=O)O[C@H]2[C@H]1CC[C@]1(C)Cc3sc(NS(=O)(=O)c4ccc(F)cc4)nc3[C@@H](C)[C@H]21. The molecular weight excluding hydrogens is 439 g/mol. The van der Waals surface area contributed by atoms with Crippen molar-refractivity contribution in [2.24, 2.45) is 23.2 Å². The van der Waals surface area contributed by atoms with Gasteiger partial charge in [0.15, 0.2) is 5.13 Å². The number of ether oxygens (including phenoxy) is 1. The smallest absolute Gasteiger partial charge is 0.309 e. The molecule has 1 saturated carbocycles. The maximum Gasteiger partial charge on any atom is 0.309 e. The molecule has 2 aliphatic carbocycles. The van der Waals surface area contributed by atoms with Crippen molar-refractivity contribution in [1.29, 1.82) is 0 Å². The highest BCUT2D eigenvalue weighted by Gasteiger charge is 2.58. The van der Waals surface area contributed by atoms with E-state index in [9.17, 15) is 17.6 Å². The summed E-state index contributed by atoms with van der Waals surface area (Å²) in [5.74, 6) is -0.213. The van der Waals surface area contributed by atoms with Gasteiger partial charge in [-0.1, -0.05) is 20.8 Å². The highest BCUT2D eigenvalue weighted by molar-refractivity contribution is 7.93. The molecule has 0 amide bonds. The first kappa shape index (κ1) is 20.9. The number of halogens is 1. The molecule has 166 valence electrons. The molecule has 1 aromatic heterocycles. The first-order valence-corrected chi connectivity index (χ1v) is 12.9. The van der Waals surface area contributed by atoms with Crippen molar-refractivity contribution in [3.63, 3.8) is 0 Å². The normalized spacial score (nSPS) is 34.5. The van der Waals surface area contributed by atoms with Crippen molar-refractivity contribution >= 4 is 32.5 Å². The third kappa shape index (κ3) is 3.28. The molecule has 1 saturated heterocycles. The number of rotatable bonds is 3. The molecule has 5 rings (SSSR count).